The summed E-state index contributed by atoms with van der Waals surface area (Å²) >= 11 is 5.89. The third kappa shape index (κ3) is 3.23. The molecule has 0 saturated carbocycles. The number of hydrogen-bond donors (Lipinski definition) is 1. The highest BCUT2D eigenvalue weighted by Crippen LogP contribution is 2.28. The van der Waals surface area contributed by atoms with Crippen LogP contribution in [0.5, 0.6) is 11.5 Å². The van der Waals surface area contributed by atoms with Gasteiger partial charge in [-0.05, 0) is 43.1 Å². The summed E-state index contributed by atoms with van der Waals surface area (Å²) in [5, 5.41) is 3.67. The fraction of sp³-hybridized carbons (Fsp3) is 0.333. The van der Waals surface area contributed by atoms with E-state index in [1.807, 2.05) is 0 Å². The fourth-order valence-electron chi connectivity index (χ4n) is 3.46. The summed E-state index contributed by atoms with van der Waals surface area (Å²) in [6.07, 6.45) is 4.33. The van der Waals surface area contributed by atoms with Crippen LogP contribution < -0.4 is 10.1 Å². The average molecular weight is 344 g/mol. The zero-order chi connectivity index (χ0) is 16.5. The number of piperidine rings is 1. The molecule has 6 heteroatoms. The molecule has 1 aromatic heterocycles. The number of rotatable bonds is 4. The van der Waals surface area contributed by atoms with E-state index in [1.54, 1.807) is 42.7 Å². The maximum atomic E-state index is 12.4. The number of nitrogens with one attached hydrogen (secondary N) is 1. The number of nitrogens with zero attached hydrogens (tertiary/aromatic N) is 2. The summed E-state index contributed by atoms with van der Waals surface area (Å²) in [5.74, 6) is 1.79. The molecular formula is C18H18ClN3O2. The van der Waals surface area contributed by atoms with Gasteiger partial charge in [-0.15, -0.1) is 0 Å². The van der Waals surface area contributed by atoms with Gasteiger partial charge in [0, 0.05) is 37.0 Å². The van der Waals surface area contributed by atoms with Crippen LogP contribution in [0, 0.1) is 5.92 Å². The third-order valence-electron chi connectivity index (χ3n) is 4.68. The lowest BCUT2D eigenvalue weighted by Gasteiger charge is -2.23. The predicted molar refractivity (Wildman–Crippen MR) is 91.6 cm³/mol. The molecule has 2 unspecified atom stereocenters. The number of benzene rings is 1. The molecule has 4 rings (SSSR count). The molecule has 5 nitrogen and oxygen atoms in total. The van der Waals surface area contributed by atoms with Crippen molar-refractivity contribution in [1.82, 2.24) is 15.2 Å². The standard InChI is InChI=1S/C18H18ClN3O2/c19-14-7-16(9-20-8-14)24-15-3-1-12(2-4-15)18(23)21-17-11-22-6-5-13(17)10-22/h1-4,7-9,13,17H,5-6,10-11H2,(H,21,23)/t13-,17?/m0/s1. The van der Waals surface area contributed by atoms with Gasteiger partial charge in [0.25, 0.3) is 5.91 Å². The first-order valence-electron chi connectivity index (χ1n) is 8.09. The van der Waals surface area contributed by atoms with Crippen molar-refractivity contribution in [3.8, 4) is 11.5 Å². The second kappa shape index (κ2) is 6.42. The lowest BCUT2D eigenvalue weighted by atomic mass is 9.99. The molecule has 124 valence electrons. The zero-order valence-corrected chi connectivity index (χ0v) is 13.9. The topological polar surface area (TPSA) is 54.5 Å². The van der Waals surface area contributed by atoms with Crippen LogP contribution in [-0.4, -0.2) is 41.5 Å². The van der Waals surface area contributed by atoms with Crippen molar-refractivity contribution in [3.05, 3.63) is 53.3 Å². The van der Waals surface area contributed by atoms with Gasteiger partial charge in [0.15, 0.2) is 0 Å². The number of fused-ring (bicyclic) bond motifs is 2. The molecule has 0 aliphatic carbocycles. The molecule has 3 heterocycles. The molecule has 0 spiro atoms. The molecule has 1 N–H and O–H groups in total. The van der Waals surface area contributed by atoms with Gasteiger partial charge in [-0.2, -0.15) is 0 Å². The first kappa shape index (κ1) is 15.4. The van der Waals surface area contributed by atoms with Crippen LogP contribution in [0.15, 0.2) is 42.7 Å². The van der Waals surface area contributed by atoms with E-state index in [9.17, 15) is 4.79 Å². The van der Waals surface area contributed by atoms with E-state index >= 15 is 0 Å². The molecule has 24 heavy (non-hydrogen) atoms. The second-order valence-electron chi connectivity index (χ2n) is 6.35. The Morgan fingerprint density at radius 1 is 1.21 bits per heavy atom. The summed E-state index contributed by atoms with van der Waals surface area (Å²) < 4.78 is 5.68. The van der Waals surface area contributed by atoms with E-state index in [0.29, 0.717) is 28.0 Å². The van der Waals surface area contributed by atoms with E-state index in [0.717, 1.165) is 13.1 Å². The van der Waals surface area contributed by atoms with Gasteiger partial charge in [0.1, 0.15) is 11.5 Å². The lowest BCUT2D eigenvalue weighted by molar-refractivity contribution is 0.0924. The van der Waals surface area contributed by atoms with Crippen LogP contribution in [0.25, 0.3) is 0 Å². The first-order chi connectivity index (χ1) is 11.7. The minimum atomic E-state index is -0.0234. The minimum absolute atomic E-state index is 0.0234. The van der Waals surface area contributed by atoms with Crippen LogP contribution in [-0.2, 0) is 0 Å². The maximum absolute atomic E-state index is 12.4. The highest BCUT2D eigenvalue weighted by atomic mass is 35.5. The van der Waals surface area contributed by atoms with Gasteiger partial charge in [-0.25, -0.2) is 0 Å². The lowest BCUT2D eigenvalue weighted by Crippen LogP contribution is -2.43. The normalized spacial score (nSPS) is 24.8. The molecule has 3 atom stereocenters. The van der Waals surface area contributed by atoms with Gasteiger partial charge < -0.3 is 15.0 Å². The van der Waals surface area contributed by atoms with Crippen molar-refractivity contribution >= 4 is 17.5 Å². The van der Waals surface area contributed by atoms with E-state index in [2.05, 4.69) is 15.2 Å². The Hall–Kier alpha value is -2.11. The number of halogens is 1. The third-order valence-corrected chi connectivity index (χ3v) is 4.89. The first-order valence-corrected chi connectivity index (χ1v) is 8.47. The van der Waals surface area contributed by atoms with Crippen LogP contribution in [0.1, 0.15) is 16.8 Å². The zero-order valence-electron chi connectivity index (χ0n) is 13.1. The van der Waals surface area contributed by atoms with Crippen LogP contribution in [0.4, 0.5) is 0 Å². The molecule has 2 bridgehead atoms. The molecule has 2 saturated heterocycles. The van der Waals surface area contributed by atoms with Crippen molar-refractivity contribution in [3.63, 3.8) is 0 Å². The number of aromatic nitrogens is 1. The Labute approximate surface area is 145 Å². The summed E-state index contributed by atoms with van der Waals surface area (Å²) in [5.41, 5.74) is 0.643. The quantitative estimate of drug-likeness (QED) is 0.927. The largest absolute Gasteiger partial charge is 0.456 e. The average Bonchev–Trinajstić information content (AvgIpc) is 3.18. The summed E-state index contributed by atoms with van der Waals surface area (Å²) in [4.78, 5) is 18.8. The SMILES string of the molecule is O=C(NC1CN2CC[C@H]1C2)c1ccc(Oc2cncc(Cl)c2)cc1. The molecular weight excluding hydrogens is 326 g/mol. The smallest absolute Gasteiger partial charge is 0.251 e. The van der Waals surface area contributed by atoms with Crippen LogP contribution >= 0.6 is 11.6 Å². The van der Waals surface area contributed by atoms with Crippen molar-refractivity contribution in [2.24, 2.45) is 5.92 Å². The maximum Gasteiger partial charge on any atom is 0.251 e. The molecule has 2 aromatic rings. The summed E-state index contributed by atoms with van der Waals surface area (Å²) in [6, 6.07) is 9.08. The predicted octanol–water partition coefficient (Wildman–Crippen LogP) is 2.96. The number of carbonyl (C=O) groups is 1. The Kier molecular flexibility index (Phi) is 4.12. The number of amides is 1. The Morgan fingerprint density at radius 3 is 2.71 bits per heavy atom. The van der Waals surface area contributed by atoms with Crippen molar-refractivity contribution in [2.45, 2.75) is 12.5 Å². The van der Waals surface area contributed by atoms with Crippen molar-refractivity contribution in [1.29, 1.82) is 0 Å². The highest BCUT2D eigenvalue weighted by Gasteiger charge is 2.38. The van der Waals surface area contributed by atoms with Gasteiger partial charge in [0.05, 0.1) is 11.2 Å². The van der Waals surface area contributed by atoms with Gasteiger partial charge in [-0.1, -0.05) is 11.6 Å². The van der Waals surface area contributed by atoms with E-state index in [1.165, 1.54) is 13.0 Å². The van der Waals surface area contributed by atoms with Crippen molar-refractivity contribution < 1.29 is 9.53 Å². The minimum Gasteiger partial charge on any atom is -0.456 e. The monoisotopic (exact) mass is 343 g/mol. The molecule has 0 radical (unpaired) electrons. The molecule has 1 amide bonds. The highest BCUT2D eigenvalue weighted by molar-refractivity contribution is 6.30. The van der Waals surface area contributed by atoms with Gasteiger partial charge in [0.2, 0.25) is 0 Å². The molecule has 2 aliphatic rings. The summed E-state index contributed by atoms with van der Waals surface area (Å²) in [7, 11) is 0. The van der Waals surface area contributed by atoms with E-state index in [-0.39, 0.29) is 11.9 Å². The molecule has 1 aromatic carbocycles. The number of hydrogen-bond acceptors (Lipinski definition) is 4. The second-order valence-corrected chi connectivity index (χ2v) is 6.79. The Balaban J connectivity index is 1.39. The molecule has 2 fully saturated rings. The van der Waals surface area contributed by atoms with Crippen LogP contribution in [0.2, 0.25) is 5.02 Å². The number of ether oxygens (including phenoxy) is 1. The van der Waals surface area contributed by atoms with Gasteiger partial charge in [-0.3, -0.25) is 9.78 Å². The Morgan fingerprint density at radius 2 is 2.04 bits per heavy atom. The van der Waals surface area contributed by atoms with E-state index in [4.69, 9.17) is 16.3 Å². The van der Waals surface area contributed by atoms with Crippen LogP contribution in [0.3, 0.4) is 0 Å². The van der Waals surface area contributed by atoms with Crippen molar-refractivity contribution in [2.75, 3.05) is 19.6 Å². The van der Waals surface area contributed by atoms with E-state index < -0.39 is 0 Å². The van der Waals surface area contributed by atoms with Gasteiger partial charge >= 0.3 is 0 Å². The Bertz CT molecular complexity index is 750. The number of carbonyl (C=O) groups excluding carboxylic acids is 1. The molecule has 2 aliphatic heterocycles. The number of pyridine rings is 1. The summed E-state index contributed by atoms with van der Waals surface area (Å²) in [6.45, 7) is 3.26. The fourth-order valence-corrected chi connectivity index (χ4v) is 3.62.